The third kappa shape index (κ3) is 5.43. The van der Waals surface area contributed by atoms with Crippen LogP contribution in [-0.2, 0) is 16.6 Å². The van der Waals surface area contributed by atoms with E-state index in [2.05, 4.69) is 31.1 Å². The first-order valence-electron chi connectivity index (χ1n) is 11.8. The third-order valence-corrected chi connectivity index (χ3v) is 6.21. The summed E-state index contributed by atoms with van der Waals surface area (Å²) in [6.45, 7) is 10.5. The number of hydrogen-bond acceptors (Lipinski definition) is 3. The number of aromatic nitrogens is 2. The van der Waals surface area contributed by atoms with E-state index >= 15 is 0 Å². The van der Waals surface area contributed by atoms with Gasteiger partial charge in [-0.1, -0.05) is 45.0 Å². The van der Waals surface area contributed by atoms with Crippen LogP contribution in [-0.4, -0.2) is 27.0 Å². The molecule has 35 heavy (non-hydrogen) atoms. The second-order valence-electron chi connectivity index (χ2n) is 10.1. The summed E-state index contributed by atoms with van der Waals surface area (Å²) in [6, 6.07) is 17.4. The van der Waals surface area contributed by atoms with Crippen LogP contribution in [0.1, 0.15) is 59.8 Å². The van der Waals surface area contributed by atoms with Gasteiger partial charge in [0, 0.05) is 23.2 Å². The third-order valence-electron chi connectivity index (χ3n) is 6.21. The van der Waals surface area contributed by atoms with Gasteiger partial charge in [-0.3, -0.25) is 9.59 Å². The lowest BCUT2D eigenvalue weighted by Gasteiger charge is -2.19. The van der Waals surface area contributed by atoms with Gasteiger partial charge in [0.15, 0.2) is 0 Å². The van der Waals surface area contributed by atoms with Crippen LogP contribution in [0, 0.1) is 13.8 Å². The van der Waals surface area contributed by atoms with E-state index in [9.17, 15) is 9.59 Å². The molecule has 0 saturated carbocycles. The highest BCUT2D eigenvalue weighted by atomic mass is 16.4. The summed E-state index contributed by atoms with van der Waals surface area (Å²) in [5.74, 6) is -0.250. The lowest BCUT2D eigenvalue weighted by Crippen LogP contribution is -2.13. The largest absolute Gasteiger partial charge is 0.481 e. The Morgan fingerprint density at radius 2 is 1.63 bits per heavy atom. The van der Waals surface area contributed by atoms with Gasteiger partial charge in [-0.2, -0.15) is 0 Å². The predicted molar refractivity (Wildman–Crippen MR) is 140 cm³/mol. The second kappa shape index (κ2) is 9.37. The summed E-state index contributed by atoms with van der Waals surface area (Å²) in [4.78, 5) is 31.9. The summed E-state index contributed by atoms with van der Waals surface area (Å²) in [6.07, 6.45) is 0.600. The second-order valence-corrected chi connectivity index (χ2v) is 10.1. The first-order valence-corrected chi connectivity index (χ1v) is 11.8. The molecule has 0 aliphatic carbocycles. The predicted octanol–water partition coefficient (Wildman–Crippen LogP) is 6.41. The number of anilines is 1. The van der Waals surface area contributed by atoms with Gasteiger partial charge in [0.1, 0.15) is 5.82 Å². The Balaban J connectivity index is 1.57. The Kier molecular flexibility index (Phi) is 6.48. The van der Waals surface area contributed by atoms with Crippen LogP contribution in [0.25, 0.3) is 22.4 Å². The van der Waals surface area contributed by atoms with Crippen molar-refractivity contribution in [2.75, 3.05) is 5.32 Å². The Hall–Kier alpha value is -3.93. The van der Waals surface area contributed by atoms with Crippen LogP contribution in [0.15, 0.2) is 54.6 Å². The number of imidazole rings is 1. The van der Waals surface area contributed by atoms with Gasteiger partial charge < -0.3 is 15.4 Å². The number of aromatic amines is 1. The van der Waals surface area contributed by atoms with Crippen LogP contribution >= 0.6 is 0 Å². The number of aryl methyl sites for hydroxylation is 3. The summed E-state index contributed by atoms with van der Waals surface area (Å²) in [5, 5.41) is 11.9. The first-order chi connectivity index (χ1) is 16.5. The summed E-state index contributed by atoms with van der Waals surface area (Å²) < 4.78 is 0. The van der Waals surface area contributed by atoms with Gasteiger partial charge in [-0.25, -0.2) is 4.98 Å². The van der Waals surface area contributed by atoms with Gasteiger partial charge >= 0.3 is 5.97 Å². The molecule has 6 nitrogen and oxygen atoms in total. The van der Waals surface area contributed by atoms with Crippen molar-refractivity contribution in [2.45, 2.75) is 52.9 Å². The fraction of sp³-hybridized carbons (Fsp3) is 0.276. The summed E-state index contributed by atoms with van der Waals surface area (Å²) in [5.41, 5.74) is 8.17. The first kappa shape index (κ1) is 24.2. The number of rotatable bonds is 6. The van der Waals surface area contributed by atoms with E-state index in [1.807, 2.05) is 62.4 Å². The van der Waals surface area contributed by atoms with Crippen LogP contribution in [0.4, 0.5) is 5.69 Å². The zero-order valence-electron chi connectivity index (χ0n) is 20.8. The molecule has 0 radical (unpaired) electrons. The quantitative estimate of drug-likeness (QED) is 0.304. The Labute approximate surface area is 205 Å². The minimum atomic E-state index is -0.802. The highest BCUT2D eigenvalue weighted by Crippen LogP contribution is 2.29. The molecule has 3 N–H and O–H groups in total. The summed E-state index contributed by atoms with van der Waals surface area (Å²) >= 11 is 0. The Morgan fingerprint density at radius 3 is 2.23 bits per heavy atom. The van der Waals surface area contributed by atoms with Crippen molar-refractivity contribution in [3.63, 3.8) is 0 Å². The highest BCUT2D eigenvalue weighted by Gasteiger charge is 2.16. The summed E-state index contributed by atoms with van der Waals surface area (Å²) in [7, 11) is 0. The van der Waals surface area contributed by atoms with E-state index in [4.69, 9.17) is 10.1 Å². The maximum Gasteiger partial charge on any atom is 0.303 e. The van der Waals surface area contributed by atoms with E-state index in [-0.39, 0.29) is 17.7 Å². The molecule has 4 rings (SSSR count). The molecule has 0 spiro atoms. The SMILES string of the molecule is Cc1cc(CCC(=O)O)cc(C)c1-c1nc2ccc(C(=O)Nc3ccc(C(C)(C)C)cc3)cc2[nH]1. The smallest absolute Gasteiger partial charge is 0.303 e. The molecule has 0 fully saturated rings. The lowest BCUT2D eigenvalue weighted by molar-refractivity contribution is -0.136. The molecular weight excluding hydrogens is 438 g/mol. The van der Waals surface area contributed by atoms with Gasteiger partial charge in [0.25, 0.3) is 5.91 Å². The molecule has 1 aromatic heterocycles. The van der Waals surface area contributed by atoms with E-state index in [0.29, 0.717) is 12.0 Å². The molecule has 0 saturated heterocycles. The number of carbonyl (C=O) groups excluding carboxylic acids is 1. The molecule has 3 aromatic carbocycles. The van der Waals surface area contributed by atoms with Crippen molar-refractivity contribution in [1.29, 1.82) is 0 Å². The van der Waals surface area contributed by atoms with Crippen LogP contribution < -0.4 is 5.32 Å². The number of carbonyl (C=O) groups is 2. The number of hydrogen-bond donors (Lipinski definition) is 3. The number of aliphatic carboxylic acids is 1. The van der Waals surface area contributed by atoms with Crippen LogP contribution in [0.3, 0.4) is 0 Å². The van der Waals surface area contributed by atoms with Gasteiger partial charge in [-0.15, -0.1) is 0 Å². The van der Waals surface area contributed by atoms with Crippen molar-refractivity contribution in [2.24, 2.45) is 0 Å². The molecule has 180 valence electrons. The fourth-order valence-electron chi connectivity index (χ4n) is 4.35. The number of nitrogens with zero attached hydrogens (tertiary/aromatic N) is 1. The lowest BCUT2D eigenvalue weighted by atomic mass is 9.87. The fourth-order valence-corrected chi connectivity index (χ4v) is 4.35. The van der Waals surface area contributed by atoms with Gasteiger partial charge in [-0.05, 0) is 78.3 Å². The number of fused-ring (bicyclic) bond motifs is 1. The maximum absolute atomic E-state index is 12.9. The number of nitrogens with one attached hydrogen (secondary N) is 2. The van der Waals surface area contributed by atoms with E-state index in [1.54, 1.807) is 6.07 Å². The number of H-pyrrole nitrogens is 1. The minimum absolute atomic E-state index is 0.0569. The maximum atomic E-state index is 12.9. The molecular formula is C29H31N3O3. The van der Waals surface area contributed by atoms with E-state index in [0.717, 1.165) is 44.8 Å². The number of amides is 1. The normalized spacial score (nSPS) is 11.6. The molecule has 0 unspecified atom stereocenters. The van der Waals surface area contributed by atoms with Gasteiger partial charge in [0.05, 0.1) is 11.0 Å². The van der Waals surface area contributed by atoms with E-state index < -0.39 is 5.97 Å². The average molecular weight is 470 g/mol. The number of carboxylic acid groups (broad SMARTS) is 1. The van der Waals surface area contributed by atoms with E-state index in [1.165, 1.54) is 5.56 Å². The number of benzene rings is 3. The highest BCUT2D eigenvalue weighted by molar-refractivity contribution is 6.06. The van der Waals surface area contributed by atoms with Crippen LogP contribution in [0.5, 0.6) is 0 Å². The molecule has 1 amide bonds. The van der Waals surface area contributed by atoms with Crippen molar-refractivity contribution >= 4 is 28.6 Å². The Bertz CT molecular complexity index is 1390. The molecule has 4 aromatic rings. The Morgan fingerprint density at radius 1 is 0.971 bits per heavy atom. The molecule has 0 aliphatic heterocycles. The van der Waals surface area contributed by atoms with Gasteiger partial charge in [0.2, 0.25) is 0 Å². The zero-order chi connectivity index (χ0) is 25.3. The monoisotopic (exact) mass is 469 g/mol. The molecule has 0 aliphatic rings. The number of carboxylic acids is 1. The van der Waals surface area contributed by atoms with Crippen molar-refractivity contribution in [3.05, 3.63) is 82.4 Å². The van der Waals surface area contributed by atoms with Crippen molar-refractivity contribution < 1.29 is 14.7 Å². The molecule has 1 heterocycles. The topological polar surface area (TPSA) is 95.1 Å². The van der Waals surface area contributed by atoms with Crippen molar-refractivity contribution in [1.82, 2.24) is 9.97 Å². The van der Waals surface area contributed by atoms with Crippen LogP contribution in [0.2, 0.25) is 0 Å². The molecule has 6 heteroatoms. The standard InChI is InChI=1S/C29H31N3O3/c1-17-14-19(6-13-25(33)34)15-18(2)26(17)27-31-23-12-7-20(16-24(23)32-27)28(35)30-22-10-8-21(9-11-22)29(3,4)5/h7-12,14-16H,6,13H2,1-5H3,(H,30,35)(H,31,32)(H,33,34). The molecule has 0 atom stereocenters. The minimum Gasteiger partial charge on any atom is -0.481 e. The zero-order valence-corrected chi connectivity index (χ0v) is 20.8. The molecule has 0 bridgehead atoms. The average Bonchev–Trinajstić information content (AvgIpc) is 3.19. The van der Waals surface area contributed by atoms with Crippen molar-refractivity contribution in [3.8, 4) is 11.4 Å².